The number of carbonyl (C=O) groups excluding carboxylic acids is 1. The minimum atomic E-state index is -2.74. The van der Waals surface area contributed by atoms with E-state index in [1.54, 1.807) is 12.1 Å². The van der Waals surface area contributed by atoms with Gasteiger partial charge in [0.1, 0.15) is 5.75 Å². The molecule has 0 saturated carbocycles. The van der Waals surface area contributed by atoms with Gasteiger partial charge in [0.05, 0.1) is 12.8 Å². The van der Waals surface area contributed by atoms with Gasteiger partial charge < -0.3 is 25.2 Å². The van der Waals surface area contributed by atoms with Gasteiger partial charge in [-0.15, -0.1) is 0 Å². The van der Waals surface area contributed by atoms with E-state index in [9.17, 15) is 19.2 Å². The highest BCUT2D eigenvalue weighted by Crippen LogP contribution is 2.15. The molecule has 1 rings (SSSR count). The zero-order valence-corrected chi connectivity index (χ0v) is 13.5. The molecule has 0 aliphatic carbocycles. The molecule has 0 radical (unpaired) electrons. The Morgan fingerprint density at radius 3 is 1.80 bits per heavy atom. The molecule has 0 unspecified atom stereocenters. The monoisotopic (exact) mass is 356 g/mol. The topological polar surface area (TPSA) is 158 Å². The molecule has 25 heavy (non-hydrogen) atoms. The summed E-state index contributed by atoms with van der Waals surface area (Å²) in [6.07, 6.45) is -0.982. The number of carboxylic acids is 3. The van der Waals surface area contributed by atoms with Crippen LogP contribution < -0.4 is 4.74 Å². The molecular weight excluding hydrogens is 336 g/mol. The van der Waals surface area contributed by atoms with Crippen LogP contribution in [-0.4, -0.2) is 49.9 Å². The van der Waals surface area contributed by atoms with Gasteiger partial charge in [0.25, 0.3) is 0 Å². The molecule has 0 saturated heterocycles. The first kappa shape index (κ1) is 22.1. The third-order valence-corrected chi connectivity index (χ3v) is 2.71. The number of para-hydroxylation sites is 1. The molecule has 0 aliphatic rings. The molecule has 4 N–H and O–H groups in total. The third kappa shape index (κ3) is 9.72. The molecule has 9 nitrogen and oxygen atoms in total. The van der Waals surface area contributed by atoms with Crippen LogP contribution in [0.15, 0.2) is 30.3 Å². The first-order valence-electron chi connectivity index (χ1n) is 7.25. The van der Waals surface area contributed by atoms with Crippen molar-refractivity contribution in [2.24, 2.45) is 0 Å². The van der Waals surface area contributed by atoms with E-state index in [1.807, 2.05) is 25.1 Å². The van der Waals surface area contributed by atoms with E-state index in [1.165, 1.54) is 0 Å². The molecule has 9 heteroatoms. The Hall–Kier alpha value is -2.94. The summed E-state index contributed by atoms with van der Waals surface area (Å²) < 4.78 is 5.02. The van der Waals surface area contributed by atoms with E-state index in [0.29, 0.717) is 12.2 Å². The van der Waals surface area contributed by atoms with Crippen molar-refractivity contribution < 1.29 is 44.3 Å². The normalized spacial score (nSPS) is 10.2. The number of aliphatic hydroxyl groups is 1. The third-order valence-electron chi connectivity index (χ3n) is 2.71. The van der Waals surface area contributed by atoms with Crippen molar-refractivity contribution in [2.45, 2.75) is 38.2 Å². The lowest BCUT2D eigenvalue weighted by molar-refractivity contribution is -0.170. The van der Waals surface area contributed by atoms with E-state index in [4.69, 9.17) is 25.2 Å². The van der Waals surface area contributed by atoms with Crippen LogP contribution in [0.1, 0.15) is 32.6 Å². The van der Waals surface area contributed by atoms with Crippen molar-refractivity contribution in [1.82, 2.24) is 0 Å². The maximum Gasteiger partial charge on any atom is 0.336 e. The molecule has 0 fully saturated rings. The standard InChI is InChI=1S/C10H12O2.C6H8O7/c1-2-6-10(11)12-9-7-4-3-5-8-9;7-3(8)1-6(13,5(11)12)2-4(9)10/h3-5,7-8H,2,6H2,1H3;13H,1-2H2,(H,7,8)(H,9,10)(H,11,12). The number of ether oxygens (including phenoxy) is 1. The van der Waals surface area contributed by atoms with Crippen molar-refractivity contribution >= 4 is 23.9 Å². The minimum absolute atomic E-state index is 0.163. The lowest BCUT2D eigenvalue weighted by Crippen LogP contribution is -2.42. The lowest BCUT2D eigenvalue weighted by atomic mass is 9.96. The first-order valence-corrected chi connectivity index (χ1v) is 7.25. The smallest absolute Gasteiger partial charge is 0.336 e. The Kier molecular flexibility index (Phi) is 9.50. The van der Waals surface area contributed by atoms with E-state index in [0.717, 1.165) is 6.42 Å². The molecule has 0 bridgehead atoms. The zero-order valence-electron chi connectivity index (χ0n) is 13.5. The Morgan fingerprint density at radius 2 is 1.44 bits per heavy atom. The van der Waals surface area contributed by atoms with Gasteiger partial charge >= 0.3 is 23.9 Å². The van der Waals surface area contributed by atoms with Gasteiger partial charge in [-0.2, -0.15) is 0 Å². The van der Waals surface area contributed by atoms with Crippen LogP contribution >= 0.6 is 0 Å². The van der Waals surface area contributed by atoms with Gasteiger partial charge in [-0.1, -0.05) is 25.1 Å². The fourth-order valence-electron chi connectivity index (χ4n) is 1.59. The van der Waals surface area contributed by atoms with Gasteiger partial charge in [-0.3, -0.25) is 14.4 Å². The maximum atomic E-state index is 11.0. The average Bonchev–Trinajstić information content (AvgIpc) is 2.47. The molecule has 0 aliphatic heterocycles. The number of hydrogen-bond acceptors (Lipinski definition) is 6. The van der Waals surface area contributed by atoms with E-state index < -0.39 is 36.4 Å². The average molecular weight is 356 g/mol. The van der Waals surface area contributed by atoms with Gasteiger partial charge in [0, 0.05) is 6.42 Å². The number of rotatable bonds is 8. The van der Waals surface area contributed by atoms with Gasteiger partial charge in [0.2, 0.25) is 0 Å². The van der Waals surface area contributed by atoms with E-state index >= 15 is 0 Å². The summed E-state index contributed by atoms with van der Waals surface area (Å²) in [4.78, 5) is 41.5. The fourth-order valence-corrected chi connectivity index (χ4v) is 1.59. The Morgan fingerprint density at radius 1 is 0.960 bits per heavy atom. The summed E-state index contributed by atoms with van der Waals surface area (Å²) in [6.45, 7) is 1.95. The van der Waals surface area contributed by atoms with Crippen molar-refractivity contribution in [3.63, 3.8) is 0 Å². The maximum absolute atomic E-state index is 11.0. The summed E-state index contributed by atoms with van der Waals surface area (Å²) in [7, 11) is 0. The number of benzene rings is 1. The van der Waals surface area contributed by atoms with Crippen LogP contribution in [-0.2, 0) is 19.2 Å². The van der Waals surface area contributed by atoms with Gasteiger partial charge in [-0.25, -0.2) is 4.79 Å². The molecule has 0 heterocycles. The molecule has 0 amide bonds. The van der Waals surface area contributed by atoms with Gasteiger partial charge in [0.15, 0.2) is 5.60 Å². The number of hydrogen-bond donors (Lipinski definition) is 4. The largest absolute Gasteiger partial charge is 0.481 e. The summed E-state index contributed by atoms with van der Waals surface area (Å²) in [5.41, 5.74) is -2.74. The van der Waals surface area contributed by atoms with Crippen LogP contribution in [0.2, 0.25) is 0 Å². The highest BCUT2D eigenvalue weighted by molar-refractivity contribution is 5.88. The van der Waals surface area contributed by atoms with Crippen molar-refractivity contribution in [1.29, 1.82) is 0 Å². The Bertz CT molecular complexity index is 579. The second kappa shape index (κ2) is 10.8. The van der Waals surface area contributed by atoms with Crippen molar-refractivity contribution in [2.75, 3.05) is 0 Å². The summed E-state index contributed by atoms with van der Waals surface area (Å²) in [5.74, 6) is -4.56. The molecule has 0 aromatic heterocycles. The summed E-state index contributed by atoms with van der Waals surface area (Å²) >= 11 is 0. The molecule has 1 aromatic carbocycles. The predicted molar refractivity (Wildman–Crippen MR) is 84.1 cm³/mol. The van der Waals surface area contributed by atoms with E-state index in [-0.39, 0.29) is 5.97 Å². The molecular formula is C16H20O9. The number of aliphatic carboxylic acids is 3. The van der Waals surface area contributed by atoms with Crippen LogP contribution in [0.4, 0.5) is 0 Å². The summed E-state index contributed by atoms with van der Waals surface area (Å²) in [6, 6.07) is 9.11. The number of carbonyl (C=O) groups is 4. The minimum Gasteiger partial charge on any atom is -0.481 e. The van der Waals surface area contributed by atoms with Gasteiger partial charge in [-0.05, 0) is 18.6 Å². The first-order chi connectivity index (χ1) is 11.6. The quantitative estimate of drug-likeness (QED) is 0.396. The summed E-state index contributed by atoms with van der Waals surface area (Å²) in [5, 5.41) is 33.8. The number of carboxylic acid groups (broad SMARTS) is 3. The van der Waals surface area contributed by atoms with Crippen LogP contribution in [0.25, 0.3) is 0 Å². The SMILES string of the molecule is CCCC(=O)Oc1ccccc1.O=C(O)CC(O)(CC(=O)O)C(=O)O. The second-order valence-corrected chi connectivity index (χ2v) is 5.01. The lowest BCUT2D eigenvalue weighted by Gasteiger charge is -2.18. The molecule has 0 atom stereocenters. The zero-order chi connectivity index (χ0) is 19.5. The second-order valence-electron chi connectivity index (χ2n) is 5.01. The van der Waals surface area contributed by atoms with Crippen LogP contribution in [0.5, 0.6) is 5.75 Å². The van der Waals surface area contributed by atoms with Crippen LogP contribution in [0.3, 0.4) is 0 Å². The van der Waals surface area contributed by atoms with E-state index in [2.05, 4.69) is 0 Å². The number of esters is 1. The van der Waals surface area contributed by atoms with Crippen molar-refractivity contribution in [3.8, 4) is 5.75 Å². The van der Waals surface area contributed by atoms with Crippen LogP contribution in [0, 0.1) is 0 Å². The molecule has 0 spiro atoms. The fraction of sp³-hybridized carbons (Fsp3) is 0.375. The Labute approximate surface area is 143 Å². The van der Waals surface area contributed by atoms with Crippen molar-refractivity contribution in [3.05, 3.63) is 30.3 Å². The highest BCUT2D eigenvalue weighted by Gasteiger charge is 2.40. The highest BCUT2D eigenvalue weighted by atomic mass is 16.5. The Balaban J connectivity index is 0.000000462. The predicted octanol–water partition coefficient (Wildman–Crippen LogP) is 1.14. The molecule has 138 valence electrons. The molecule has 1 aromatic rings.